The van der Waals surface area contributed by atoms with Gasteiger partial charge in [-0.25, -0.2) is 18.4 Å². The normalized spacial score (nSPS) is 14.2. The summed E-state index contributed by atoms with van der Waals surface area (Å²) in [6, 6.07) is 15.7. The zero-order valence-corrected chi connectivity index (χ0v) is 13.9. The van der Waals surface area contributed by atoms with Crippen molar-refractivity contribution < 1.29 is 13.2 Å². The van der Waals surface area contributed by atoms with Crippen molar-refractivity contribution in [1.82, 2.24) is 4.90 Å². The van der Waals surface area contributed by atoms with Gasteiger partial charge in [0.05, 0.1) is 4.90 Å². The molecule has 6 nitrogen and oxygen atoms in total. The molecule has 3 N–H and O–H groups in total. The molecule has 24 heavy (non-hydrogen) atoms. The zero-order valence-electron chi connectivity index (χ0n) is 13.1. The Morgan fingerprint density at radius 3 is 2.25 bits per heavy atom. The quantitative estimate of drug-likeness (QED) is 0.872. The molecule has 0 radical (unpaired) electrons. The molecule has 1 saturated carbocycles. The van der Waals surface area contributed by atoms with Gasteiger partial charge in [-0.1, -0.05) is 30.3 Å². The molecule has 0 saturated heterocycles. The predicted octanol–water partition coefficient (Wildman–Crippen LogP) is 2.53. The smallest absolute Gasteiger partial charge is 0.317 e. The standard InChI is InChI=1S/C17H19N3O3S/c18-24(22,23)16-10-6-14(7-11-16)19-17(21)20(15-8-9-15)12-13-4-2-1-3-5-13/h1-7,10-11,15H,8-9,12H2,(H,19,21)(H2,18,22,23). The Bertz CT molecular complexity index is 816. The summed E-state index contributed by atoms with van der Waals surface area (Å²) >= 11 is 0. The van der Waals surface area contributed by atoms with E-state index in [1.54, 1.807) is 0 Å². The van der Waals surface area contributed by atoms with Gasteiger partial charge in [-0.2, -0.15) is 0 Å². The first-order valence-corrected chi connectivity index (χ1v) is 9.22. The molecule has 2 aromatic carbocycles. The number of hydrogen-bond donors (Lipinski definition) is 2. The fraction of sp³-hybridized carbons (Fsp3) is 0.235. The number of anilines is 1. The number of primary sulfonamides is 1. The highest BCUT2D eigenvalue weighted by Crippen LogP contribution is 2.29. The Balaban J connectivity index is 1.70. The van der Waals surface area contributed by atoms with Crippen LogP contribution in [-0.2, 0) is 16.6 Å². The molecule has 0 aromatic heterocycles. The minimum atomic E-state index is -3.73. The van der Waals surface area contributed by atoms with Crippen molar-refractivity contribution in [3.63, 3.8) is 0 Å². The molecule has 0 aliphatic heterocycles. The highest BCUT2D eigenvalue weighted by molar-refractivity contribution is 7.89. The van der Waals surface area contributed by atoms with Crippen LogP contribution in [0.15, 0.2) is 59.5 Å². The van der Waals surface area contributed by atoms with Gasteiger partial charge in [0.25, 0.3) is 0 Å². The van der Waals surface area contributed by atoms with Crippen LogP contribution in [-0.4, -0.2) is 25.4 Å². The van der Waals surface area contributed by atoms with Crippen LogP contribution in [0.4, 0.5) is 10.5 Å². The minimum absolute atomic E-state index is 0.0174. The molecule has 2 amide bonds. The number of sulfonamides is 1. The number of rotatable bonds is 5. The van der Waals surface area contributed by atoms with Crippen LogP contribution < -0.4 is 10.5 Å². The maximum absolute atomic E-state index is 12.6. The first-order chi connectivity index (χ1) is 11.4. The lowest BCUT2D eigenvalue weighted by atomic mass is 10.2. The lowest BCUT2D eigenvalue weighted by Gasteiger charge is -2.23. The topological polar surface area (TPSA) is 92.5 Å². The van der Waals surface area contributed by atoms with E-state index in [0.717, 1.165) is 18.4 Å². The highest BCUT2D eigenvalue weighted by Gasteiger charge is 2.32. The Labute approximate surface area is 141 Å². The molecule has 0 heterocycles. The van der Waals surface area contributed by atoms with E-state index >= 15 is 0 Å². The summed E-state index contributed by atoms with van der Waals surface area (Å²) in [6.45, 7) is 0.548. The SMILES string of the molecule is NS(=O)(=O)c1ccc(NC(=O)N(Cc2ccccc2)C2CC2)cc1. The van der Waals surface area contributed by atoms with Crippen LogP contribution in [0, 0.1) is 0 Å². The summed E-state index contributed by atoms with van der Waals surface area (Å²) in [4.78, 5) is 14.4. The summed E-state index contributed by atoms with van der Waals surface area (Å²) in [5, 5.41) is 7.88. The lowest BCUT2D eigenvalue weighted by Crippen LogP contribution is -2.36. The van der Waals surface area contributed by atoms with Crippen molar-refractivity contribution in [2.45, 2.75) is 30.3 Å². The van der Waals surface area contributed by atoms with E-state index < -0.39 is 10.0 Å². The van der Waals surface area contributed by atoms with Crippen molar-refractivity contribution in [2.24, 2.45) is 5.14 Å². The third-order valence-corrected chi connectivity index (χ3v) is 4.81. The van der Waals surface area contributed by atoms with Crippen LogP contribution in [0.3, 0.4) is 0 Å². The van der Waals surface area contributed by atoms with Gasteiger partial charge in [0.15, 0.2) is 0 Å². The van der Waals surface area contributed by atoms with E-state index in [-0.39, 0.29) is 17.0 Å². The molecule has 2 aromatic rings. The second-order valence-electron chi connectivity index (χ2n) is 5.84. The van der Waals surface area contributed by atoms with Crippen LogP contribution in [0.2, 0.25) is 0 Å². The summed E-state index contributed by atoms with van der Waals surface area (Å²) < 4.78 is 22.5. The highest BCUT2D eigenvalue weighted by atomic mass is 32.2. The van der Waals surface area contributed by atoms with Gasteiger partial charge in [-0.05, 0) is 42.7 Å². The van der Waals surface area contributed by atoms with Gasteiger partial charge in [-0.3, -0.25) is 0 Å². The summed E-state index contributed by atoms with van der Waals surface area (Å²) in [5.74, 6) is 0. The Morgan fingerprint density at radius 1 is 1.08 bits per heavy atom. The molecular weight excluding hydrogens is 326 g/mol. The largest absolute Gasteiger partial charge is 0.322 e. The number of nitrogens with zero attached hydrogens (tertiary/aromatic N) is 1. The number of nitrogens with two attached hydrogens (primary N) is 1. The predicted molar refractivity (Wildman–Crippen MR) is 91.8 cm³/mol. The van der Waals surface area contributed by atoms with E-state index in [1.807, 2.05) is 35.2 Å². The zero-order chi connectivity index (χ0) is 17.2. The number of hydrogen-bond acceptors (Lipinski definition) is 3. The number of nitrogens with one attached hydrogen (secondary N) is 1. The summed E-state index contributed by atoms with van der Waals surface area (Å²) in [5.41, 5.74) is 1.61. The van der Waals surface area contributed by atoms with Crippen LogP contribution >= 0.6 is 0 Å². The van der Waals surface area contributed by atoms with Gasteiger partial charge >= 0.3 is 6.03 Å². The van der Waals surface area contributed by atoms with E-state index in [2.05, 4.69) is 5.32 Å². The molecule has 0 atom stereocenters. The van der Waals surface area contributed by atoms with Gasteiger partial charge in [0, 0.05) is 18.3 Å². The van der Waals surface area contributed by atoms with E-state index in [0.29, 0.717) is 12.2 Å². The number of carbonyl (C=O) groups is 1. The molecular formula is C17H19N3O3S. The minimum Gasteiger partial charge on any atom is -0.317 e. The van der Waals surface area contributed by atoms with Crippen LogP contribution in [0.1, 0.15) is 18.4 Å². The fourth-order valence-corrected chi connectivity index (χ4v) is 2.97. The molecule has 0 bridgehead atoms. The maximum atomic E-state index is 12.6. The summed E-state index contributed by atoms with van der Waals surface area (Å²) in [6.07, 6.45) is 2.01. The van der Waals surface area contributed by atoms with E-state index in [9.17, 15) is 13.2 Å². The van der Waals surface area contributed by atoms with Crippen LogP contribution in [0.25, 0.3) is 0 Å². The average molecular weight is 345 g/mol. The molecule has 126 valence electrons. The van der Waals surface area contributed by atoms with Crippen LogP contribution in [0.5, 0.6) is 0 Å². The van der Waals surface area contributed by atoms with Crippen molar-refractivity contribution >= 4 is 21.7 Å². The first kappa shape index (κ1) is 16.5. The number of benzene rings is 2. The van der Waals surface area contributed by atoms with E-state index in [4.69, 9.17) is 5.14 Å². The van der Waals surface area contributed by atoms with Crippen molar-refractivity contribution in [3.8, 4) is 0 Å². The molecule has 0 unspecified atom stereocenters. The summed E-state index contributed by atoms with van der Waals surface area (Å²) in [7, 11) is -3.73. The molecule has 0 spiro atoms. The second kappa shape index (κ2) is 6.62. The van der Waals surface area contributed by atoms with Crippen molar-refractivity contribution in [1.29, 1.82) is 0 Å². The van der Waals surface area contributed by atoms with Crippen molar-refractivity contribution in [2.75, 3.05) is 5.32 Å². The Kier molecular flexibility index (Phi) is 4.55. The lowest BCUT2D eigenvalue weighted by molar-refractivity contribution is 0.206. The van der Waals surface area contributed by atoms with Crippen molar-refractivity contribution in [3.05, 3.63) is 60.2 Å². The Hall–Kier alpha value is -2.38. The molecule has 1 aliphatic rings. The monoisotopic (exact) mass is 345 g/mol. The third-order valence-electron chi connectivity index (χ3n) is 3.88. The third kappa shape index (κ3) is 4.12. The maximum Gasteiger partial charge on any atom is 0.322 e. The number of carbonyl (C=O) groups excluding carboxylic acids is 1. The number of urea groups is 1. The second-order valence-corrected chi connectivity index (χ2v) is 7.41. The van der Waals surface area contributed by atoms with Gasteiger partial charge in [0.1, 0.15) is 0 Å². The molecule has 7 heteroatoms. The molecule has 1 aliphatic carbocycles. The molecule has 1 fully saturated rings. The average Bonchev–Trinajstić information content (AvgIpc) is 3.38. The Morgan fingerprint density at radius 2 is 1.71 bits per heavy atom. The molecule has 3 rings (SSSR count). The fourth-order valence-electron chi connectivity index (χ4n) is 2.46. The van der Waals surface area contributed by atoms with E-state index in [1.165, 1.54) is 24.3 Å². The van der Waals surface area contributed by atoms with Gasteiger partial charge < -0.3 is 10.2 Å². The first-order valence-electron chi connectivity index (χ1n) is 7.68. The van der Waals surface area contributed by atoms with Gasteiger partial charge in [0.2, 0.25) is 10.0 Å². The number of amides is 2. The van der Waals surface area contributed by atoms with Gasteiger partial charge in [-0.15, -0.1) is 0 Å².